The van der Waals surface area contributed by atoms with Crippen LogP contribution >= 0.6 is 11.8 Å². The summed E-state index contributed by atoms with van der Waals surface area (Å²) in [4.78, 5) is -0.418. The molecule has 0 radical (unpaired) electrons. The molecule has 0 saturated carbocycles. The third-order valence-electron chi connectivity index (χ3n) is 3.31. The standard InChI is InChI=1S/C16H17NOS/c17-15-11-18-16(19-12-15,13-7-3-1-4-8-13)14-9-5-2-6-10-14/h1-10,15H,11-12,17H2/t15-/m1/s1. The van der Waals surface area contributed by atoms with E-state index in [0.29, 0.717) is 6.61 Å². The van der Waals surface area contributed by atoms with Gasteiger partial charge in [-0.1, -0.05) is 60.7 Å². The van der Waals surface area contributed by atoms with Crippen molar-refractivity contribution in [2.24, 2.45) is 5.73 Å². The lowest BCUT2D eigenvalue weighted by Gasteiger charge is -2.39. The van der Waals surface area contributed by atoms with Crippen LogP contribution in [0.25, 0.3) is 0 Å². The molecule has 1 aliphatic heterocycles. The zero-order valence-corrected chi connectivity index (χ0v) is 11.5. The van der Waals surface area contributed by atoms with Crippen LogP contribution in [0.2, 0.25) is 0 Å². The second kappa shape index (κ2) is 5.37. The van der Waals surface area contributed by atoms with Crippen molar-refractivity contribution in [2.45, 2.75) is 11.0 Å². The van der Waals surface area contributed by atoms with Crippen molar-refractivity contribution in [2.75, 3.05) is 12.4 Å². The number of hydrogen-bond acceptors (Lipinski definition) is 3. The molecule has 3 heteroatoms. The average Bonchev–Trinajstić information content (AvgIpc) is 2.50. The molecule has 0 aliphatic carbocycles. The van der Waals surface area contributed by atoms with E-state index in [1.54, 1.807) is 11.8 Å². The summed E-state index contributed by atoms with van der Waals surface area (Å²) in [6.45, 7) is 0.594. The van der Waals surface area contributed by atoms with Gasteiger partial charge in [0.15, 0.2) is 4.93 Å². The molecule has 3 rings (SSSR count). The van der Waals surface area contributed by atoms with Crippen molar-refractivity contribution < 1.29 is 4.74 Å². The minimum absolute atomic E-state index is 0.116. The predicted molar refractivity (Wildman–Crippen MR) is 80.0 cm³/mol. The second-order valence-electron chi connectivity index (χ2n) is 4.73. The number of nitrogens with two attached hydrogens (primary N) is 1. The molecule has 98 valence electrons. The quantitative estimate of drug-likeness (QED) is 0.912. The number of hydrogen-bond donors (Lipinski definition) is 1. The Kier molecular flexibility index (Phi) is 3.60. The number of ether oxygens (including phenoxy) is 1. The maximum atomic E-state index is 6.19. The molecule has 0 spiro atoms. The van der Waals surface area contributed by atoms with Crippen LogP contribution in [0.1, 0.15) is 11.1 Å². The molecule has 1 atom stereocenters. The van der Waals surface area contributed by atoms with Crippen LogP contribution in [0.15, 0.2) is 60.7 Å². The second-order valence-corrected chi connectivity index (χ2v) is 5.93. The zero-order valence-electron chi connectivity index (χ0n) is 10.7. The first-order valence-corrected chi connectivity index (χ1v) is 7.44. The van der Waals surface area contributed by atoms with Crippen molar-refractivity contribution in [3.05, 3.63) is 71.8 Å². The minimum Gasteiger partial charge on any atom is -0.354 e. The molecule has 0 unspecified atom stereocenters. The van der Waals surface area contributed by atoms with E-state index in [9.17, 15) is 0 Å². The van der Waals surface area contributed by atoms with Crippen molar-refractivity contribution in [3.8, 4) is 0 Å². The summed E-state index contributed by atoms with van der Waals surface area (Å²) in [6.07, 6.45) is 0. The first-order valence-electron chi connectivity index (χ1n) is 6.46. The van der Waals surface area contributed by atoms with Gasteiger partial charge in [0.05, 0.1) is 6.61 Å². The first kappa shape index (κ1) is 12.7. The molecule has 1 aliphatic rings. The van der Waals surface area contributed by atoms with Gasteiger partial charge in [0.2, 0.25) is 0 Å². The number of rotatable bonds is 2. The van der Waals surface area contributed by atoms with Gasteiger partial charge in [0.1, 0.15) is 0 Å². The van der Waals surface area contributed by atoms with Crippen LogP contribution in [-0.2, 0) is 9.67 Å². The summed E-state index contributed by atoms with van der Waals surface area (Å²) in [5.74, 6) is 0.907. The summed E-state index contributed by atoms with van der Waals surface area (Å²) in [5.41, 5.74) is 8.32. The van der Waals surface area contributed by atoms with Crippen molar-refractivity contribution in [1.82, 2.24) is 0 Å². The van der Waals surface area contributed by atoms with E-state index < -0.39 is 4.93 Å². The fourth-order valence-electron chi connectivity index (χ4n) is 2.35. The molecular formula is C16H17NOS. The van der Waals surface area contributed by atoms with E-state index in [4.69, 9.17) is 10.5 Å². The Morgan fingerprint density at radius 1 is 0.947 bits per heavy atom. The highest BCUT2D eigenvalue weighted by atomic mass is 32.2. The molecular weight excluding hydrogens is 254 g/mol. The normalized spacial score (nSPS) is 22.1. The Bertz CT molecular complexity index is 479. The van der Waals surface area contributed by atoms with Crippen LogP contribution in [0.4, 0.5) is 0 Å². The summed E-state index contributed by atoms with van der Waals surface area (Å²) in [7, 11) is 0. The Balaban J connectivity index is 2.06. The van der Waals surface area contributed by atoms with Crippen molar-refractivity contribution in [3.63, 3.8) is 0 Å². The molecule has 0 bridgehead atoms. The molecule has 0 aromatic heterocycles. The Morgan fingerprint density at radius 3 is 1.89 bits per heavy atom. The number of benzene rings is 2. The molecule has 2 nitrogen and oxygen atoms in total. The maximum absolute atomic E-state index is 6.19. The minimum atomic E-state index is -0.418. The van der Waals surface area contributed by atoms with Gasteiger partial charge in [-0.2, -0.15) is 0 Å². The average molecular weight is 271 g/mol. The van der Waals surface area contributed by atoms with E-state index in [0.717, 1.165) is 5.75 Å². The van der Waals surface area contributed by atoms with Gasteiger partial charge in [0, 0.05) is 11.8 Å². The molecule has 1 heterocycles. The monoisotopic (exact) mass is 271 g/mol. The van der Waals surface area contributed by atoms with E-state index >= 15 is 0 Å². The van der Waals surface area contributed by atoms with Crippen LogP contribution in [0.5, 0.6) is 0 Å². The van der Waals surface area contributed by atoms with Crippen molar-refractivity contribution >= 4 is 11.8 Å². The number of thioether (sulfide) groups is 1. The molecule has 2 aromatic carbocycles. The van der Waals surface area contributed by atoms with Gasteiger partial charge >= 0.3 is 0 Å². The predicted octanol–water partition coefficient (Wildman–Crippen LogP) is 2.98. The van der Waals surface area contributed by atoms with E-state index in [-0.39, 0.29) is 6.04 Å². The maximum Gasteiger partial charge on any atom is 0.165 e. The van der Waals surface area contributed by atoms with Gasteiger partial charge in [-0.25, -0.2) is 0 Å². The molecule has 1 fully saturated rings. The highest BCUT2D eigenvalue weighted by Crippen LogP contribution is 2.46. The Morgan fingerprint density at radius 2 is 1.47 bits per heavy atom. The van der Waals surface area contributed by atoms with Gasteiger partial charge in [-0.15, -0.1) is 11.8 Å². The van der Waals surface area contributed by atoms with E-state index in [1.807, 2.05) is 12.1 Å². The van der Waals surface area contributed by atoms with Gasteiger partial charge in [0.25, 0.3) is 0 Å². The van der Waals surface area contributed by atoms with Crippen LogP contribution < -0.4 is 5.73 Å². The van der Waals surface area contributed by atoms with Gasteiger partial charge < -0.3 is 10.5 Å². The summed E-state index contributed by atoms with van der Waals surface area (Å²) >= 11 is 1.78. The van der Waals surface area contributed by atoms with Crippen LogP contribution in [0.3, 0.4) is 0 Å². The lowest BCUT2D eigenvalue weighted by Crippen LogP contribution is -2.42. The molecule has 0 amide bonds. The fraction of sp³-hybridized carbons (Fsp3) is 0.250. The van der Waals surface area contributed by atoms with Gasteiger partial charge in [-0.3, -0.25) is 0 Å². The fourth-order valence-corrected chi connectivity index (χ4v) is 3.66. The van der Waals surface area contributed by atoms with E-state index in [2.05, 4.69) is 48.5 Å². The summed E-state index contributed by atoms with van der Waals surface area (Å²) in [5, 5.41) is 0. The topological polar surface area (TPSA) is 35.2 Å². The first-order chi connectivity index (χ1) is 9.31. The summed E-state index contributed by atoms with van der Waals surface area (Å²) in [6, 6.07) is 20.9. The van der Waals surface area contributed by atoms with Crippen LogP contribution in [-0.4, -0.2) is 18.4 Å². The smallest absolute Gasteiger partial charge is 0.165 e. The largest absolute Gasteiger partial charge is 0.354 e. The lowest BCUT2D eigenvalue weighted by molar-refractivity contribution is 0.0375. The lowest BCUT2D eigenvalue weighted by atomic mass is 10.0. The van der Waals surface area contributed by atoms with E-state index in [1.165, 1.54) is 11.1 Å². The zero-order chi connectivity index (χ0) is 13.1. The van der Waals surface area contributed by atoms with Crippen LogP contribution in [0, 0.1) is 0 Å². The summed E-state index contributed by atoms with van der Waals surface area (Å²) < 4.78 is 6.19. The molecule has 2 N–H and O–H groups in total. The third kappa shape index (κ3) is 2.41. The molecule has 19 heavy (non-hydrogen) atoms. The highest BCUT2D eigenvalue weighted by molar-refractivity contribution is 8.00. The van der Waals surface area contributed by atoms with Crippen molar-refractivity contribution in [1.29, 1.82) is 0 Å². The molecule has 2 aromatic rings. The highest BCUT2D eigenvalue weighted by Gasteiger charge is 2.39. The Labute approximate surface area is 118 Å². The molecule has 1 saturated heterocycles. The van der Waals surface area contributed by atoms with Gasteiger partial charge in [-0.05, 0) is 11.1 Å². The SMILES string of the molecule is N[C@@H]1COC(c2ccccc2)(c2ccccc2)SC1. The third-order valence-corrected chi connectivity index (χ3v) is 4.90. The Hall–Kier alpha value is -1.29.